The lowest BCUT2D eigenvalue weighted by atomic mass is 10.3. The number of unbranched alkanes of at least 4 members (excludes halogenated alkanes) is 1. The van der Waals surface area contributed by atoms with Crippen LogP contribution < -0.4 is 5.32 Å². The van der Waals surface area contributed by atoms with Crippen LogP contribution in [0.15, 0.2) is 0 Å². The summed E-state index contributed by atoms with van der Waals surface area (Å²) in [5.74, 6) is -0.251. The van der Waals surface area contributed by atoms with E-state index in [9.17, 15) is 4.79 Å². The molecular formula is C11H21NO4. The van der Waals surface area contributed by atoms with Crippen molar-refractivity contribution < 1.29 is 19.0 Å². The number of carbonyl (C=O) groups excluding carboxylic acids is 1. The van der Waals surface area contributed by atoms with Crippen LogP contribution in [0.5, 0.6) is 0 Å². The quantitative estimate of drug-likeness (QED) is 0.505. The summed E-state index contributed by atoms with van der Waals surface area (Å²) in [6, 6.07) is -0.315. The molecule has 0 aromatic rings. The summed E-state index contributed by atoms with van der Waals surface area (Å²) in [4.78, 5) is 11.5. The van der Waals surface area contributed by atoms with Crippen LogP contribution in [0, 0.1) is 0 Å². The van der Waals surface area contributed by atoms with E-state index in [0.717, 1.165) is 19.4 Å². The van der Waals surface area contributed by atoms with Crippen molar-refractivity contribution in [1.29, 1.82) is 0 Å². The third-order valence-corrected chi connectivity index (χ3v) is 2.32. The topological polar surface area (TPSA) is 56.8 Å². The first-order chi connectivity index (χ1) is 7.84. The fraction of sp³-hybridized carbons (Fsp3) is 0.909. The van der Waals surface area contributed by atoms with E-state index in [-0.39, 0.29) is 12.0 Å². The van der Waals surface area contributed by atoms with E-state index >= 15 is 0 Å². The Labute approximate surface area is 96.4 Å². The van der Waals surface area contributed by atoms with E-state index in [0.29, 0.717) is 33.0 Å². The Morgan fingerprint density at radius 1 is 1.44 bits per heavy atom. The molecule has 5 heteroatoms. The lowest BCUT2D eigenvalue weighted by molar-refractivity contribution is -0.150. The summed E-state index contributed by atoms with van der Waals surface area (Å²) in [7, 11) is 0. The van der Waals surface area contributed by atoms with E-state index in [2.05, 4.69) is 12.2 Å². The van der Waals surface area contributed by atoms with Gasteiger partial charge in [-0.2, -0.15) is 0 Å². The van der Waals surface area contributed by atoms with E-state index < -0.39 is 0 Å². The predicted octanol–water partition coefficient (Wildman–Crippen LogP) is 0.335. The molecule has 0 bridgehead atoms. The molecule has 0 radical (unpaired) electrons. The first kappa shape index (κ1) is 13.4. The number of esters is 1. The van der Waals surface area contributed by atoms with Gasteiger partial charge in [0, 0.05) is 13.2 Å². The van der Waals surface area contributed by atoms with Crippen LogP contribution in [-0.2, 0) is 19.0 Å². The second-order valence-electron chi connectivity index (χ2n) is 3.72. The molecule has 1 saturated heterocycles. The van der Waals surface area contributed by atoms with Gasteiger partial charge < -0.3 is 19.5 Å². The fourth-order valence-electron chi connectivity index (χ4n) is 1.37. The summed E-state index contributed by atoms with van der Waals surface area (Å²) < 4.78 is 15.5. The van der Waals surface area contributed by atoms with Crippen molar-refractivity contribution in [2.45, 2.75) is 25.8 Å². The largest absolute Gasteiger partial charge is 0.462 e. The third kappa shape index (κ3) is 5.44. The van der Waals surface area contributed by atoms with Gasteiger partial charge in [0.1, 0.15) is 12.6 Å². The lowest BCUT2D eigenvalue weighted by Gasteiger charge is -2.22. The number of rotatable bonds is 7. The number of carbonyl (C=O) groups is 1. The van der Waals surface area contributed by atoms with E-state index in [4.69, 9.17) is 14.2 Å². The van der Waals surface area contributed by atoms with E-state index in [1.807, 2.05) is 0 Å². The van der Waals surface area contributed by atoms with Gasteiger partial charge in [0.05, 0.1) is 19.8 Å². The van der Waals surface area contributed by atoms with Gasteiger partial charge in [-0.3, -0.25) is 4.79 Å². The highest BCUT2D eigenvalue weighted by molar-refractivity contribution is 5.76. The van der Waals surface area contributed by atoms with E-state index in [1.54, 1.807) is 0 Å². The molecule has 1 N–H and O–H groups in total. The maximum Gasteiger partial charge on any atom is 0.325 e. The summed E-state index contributed by atoms with van der Waals surface area (Å²) >= 11 is 0. The number of morpholine rings is 1. The van der Waals surface area contributed by atoms with Crippen LogP contribution in [0.2, 0.25) is 0 Å². The molecule has 1 unspecified atom stereocenters. The third-order valence-electron chi connectivity index (χ3n) is 2.32. The predicted molar refractivity (Wildman–Crippen MR) is 59.3 cm³/mol. The Morgan fingerprint density at radius 2 is 2.31 bits per heavy atom. The number of ether oxygens (including phenoxy) is 3. The zero-order chi connectivity index (χ0) is 11.6. The molecule has 1 heterocycles. The molecular weight excluding hydrogens is 210 g/mol. The molecule has 16 heavy (non-hydrogen) atoms. The van der Waals surface area contributed by atoms with Crippen LogP contribution in [0.1, 0.15) is 19.8 Å². The van der Waals surface area contributed by atoms with Gasteiger partial charge in [0.15, 0.2) is 0 Å². The molecule has 0 aliphatic carbocycles. The molecule has 1 atom stereocenters. The highest BCUT2D eigenvalue weighted by atomic mass is 16.6. The summed E-state index contributed by atoms with van der Waals surface area (Å²) in [5, 5.41) is 3.04. The highest BCUT2D eigenvalue weighted by Crippen LogP contribution is 1.96. The Bertz CT molecular complexity index is 192. The molecule has 0 aromatic carbocycles. The van der Waals surface area contributed by atoms with Crippen LogP contribution >= 0.6 is 0 Å². The minimum atomic E-state index is -0.315. The first-order valence-electron chi connectivity index (χ1n) is 5.90. The Morgan fingerprint density at radius 3 is 3.00 bits per heavy atom. The van der Waals surface area contributed by atoms with Crippen molar-refractivity contribution in [3.8, 4) is 0 Å². The van der Waals surface area contributed by atoms with Gasteiger partial charge >= 0.3 is 5.97 Å². The zero-order valence-corrected chi connectivity index (χ0v) is 9.87. The van der Waals surface area contributed by atoms with Crippen molar-refractivity contribution in [1.82, 2.24) is 5.32 Å². The number of hydrogen-bond donors (Lipinski definition) is 1. The summed E-state index contributed by atoms with van der Waals surface area (Å²) in [5.41, 5.74) is 0. The molecule has 0 amide bonds. The second-order valence-corrected chi connectivity index (χ2v) is 3.72. The minimum Gasteiger partial charge on any atom is -0.462 e. The molecule has 1 rings (SSSR count). The average molecular weight is 231 g/mol. The molecule has 94 valence electrons. The van der Waals surface area contributed by atoms with Crippen LogP contribution in [0.25, 0.3) is 0 Å². The van der Waals surface area contributed by atoms with E-state index in [1.165, 1.54) is 0 Å². The lowest BCUT2D eigenvalue weighted by Crippen LogP contribution is -2.47. The van der Waals surface area contributed by atoms with Gasteiger partial charge in [-0.1, -0.05) is 13.3 Å². The Kier molecular flexibility index (Phi) is 7.12. The normalized spacial score (nSPS) is 20.7. The maximum absolute atomic E-state index is 11.5. The van der Waals surface area contributed by atoms with Crippen LogP contribution in [0.3, 0.4) is 0 Å². The summed E-state index contributed by atoms with van der Waals surface area (Å²) in [6.45, 7) is 5.39. The highest BCUT2D eigenvalue weighted by Gasteiger charge is 2.22. The molecule has 0 saturated carbocycles. The first-order valence-corrected chi connectivity index (χ1v) is 5.90. The fourth-order valence-corrected chi connectivity index (χ4v) is 1.37. The number of nitrogens with one attached hydrogen (secondary N) is 1. The Balaban J connectivity index is 1.97. The van der Waals surface area contributed by atoms with Gasteiger partial charge in [-0.05, 0) is 6.42 Å². The molecule has 0 spiro atoms. The molecule has 1 aliphatic rings. The monoisotopic (exact) mass is 231 g/mol. The maximum atomic E-state index is 11.5. The van der Waals surface area contributed by atoms with Crippen molar-refractivity contribution in [2.75, 3.05) is 39.6 Å². The molecule has 5 nitrogen and oxygen atoms in total. The molecule has 0 aromatic heterocycles. The van der Waals surface area contributed by atoms with Gasteiger partial charge in [0.2, 0.25) is 0 Å². The Hall–Kier alpha value is -0.650. The smallest absolute Gasteiger partial charge is 0.325 e. The molecule has 1 fully saturated rings. The molecule has 1 aliphatic heterocycles. The van der Waals surface area contributed by atoms with Crippen molar-refractivity contribution in [3.05, 3.63) is 0 Å². The zero-order valence-electron chi connectivity index (χ0n) is 9.87. The summed E-state index contributed by atoms with van der Waals surface area (Å²) in [6.07, 6.45) is 2.16. The second kappa shape index (κ2) is 8.50. The van der Waals surface area contributed by atoms with Crippen molar-refractivity contribution in [3.63, 3.8) is 0 Å². The van der Waals surface area contributed by atoms with Gasteiger partial charge in [-0.25, -0.2) is 0 Å². The van der Waals surface area contributed by atoms with Crippen molar-refractivity contribution in [2.24, 2.45) is 0 Å². The van der Waals surface area contributed by atoms with Crippen LogP contribution in [-0.4, -0.2) is 51.6 Å². The SMILES string of the molecule is CCCCOCCOC(=O)C1COCCN1. The van der Waals surface area contributed by atoms with Crippen LogP contribution in [0.4, 0.5) is 0 Å². The number of hydrogen-bond acceptors (Lipinski definition) is 5. The van der Waals surface area contributed by atoms with Crippen molar-refractivity contribution >= 4 is 5.97 Å². The minimum absolute atomic E-state index is 0.251. The average Bonchev–Trinajstić information content (AvgIpc) is 2.34. The van der Waals surface area contributed by atoms with Gasteiger partial charge in [0.25, 0.3) is 0 Å². The standard InChI is InChI=1S/C11H21NO4/c1-2-3-5-14-7-8-16-11(13)10-9-15-6-4-12-10/h10,12H,2-9H2,1H3. The van der Waals surface area contributed by atoms with Gasteiger partial charge in [-0.15, -0.1) is 0 Å².